The van der Waals surface area contributed by atoms with Crippen LogP contribution in [0, 0.1) is 5.41 Å². The number of carbonyl (C=O) groups is 1. The van der Waals surface area contributed by atoms with Crippen LogP contribution in [-0.4, -0.2) is 22.6 Å². The van der Waals surface area contributed by atoms with Crippen molar-refractivity contribution in [1.82, 2.24) is 5.32 Å². The van der Waals surface area contributed by atoms with E-state index in [1.165, 1.54) is 0 Å². The maximum absolute atomic E-state index is 11.4. The summed E-state index contributed by atoms with van der Waals surface area (Å²) >= 11 is 0. The summed E-state index contributed by atoms with van der Waals surface area (Å²) in [6.45, 7) is 5.23. The van der Waals surface area contributed by atoms with Crippen molar-refractivity contribution in [3.05, 3.63) is 23.5 Å². The largest absolute Gasteiger partial charge is 0.508 e. The minimum absolute atomic E-state index is 0.0253. The highest BCUT2D eigenvalue weighted by Crippen LogP contribution is 2.16. The van der Waals surface area contributed by atoms with E-state index in [-0.39, 0.29) is 11.6 Å². The lowest BCUT2D eigenvalue weighted by molar-refractivity contribution is 0.0563. The van der Waals surface area contributed by atoms with E-state index in [0.717, 1.165) is 12.8 Å². The Hall–Kier alpha value is -1.78. The second kappa shape index (κ2) is 5.03. The van der Waals surface area contributed by atoms with E-state index < -0.39 is 11.7 Å². The first-order chi connectivity index (χ1) is 7.79. The van der Waals surface area contributed by atoms with Crippen LogP contribution in [-0.2, 0) is 4.74 Å². The molecule has 0 aromatic heterocycles. The molecule has 5 heteroatoms. The molecule has 0 saturated carbocycles. The lowest BCUT2D eigenvalue weighted by Gasteiger charge is -2.20. The Kier molecular flexibility index (Phi) is 3.93. The molecule has 0 aromatic carbocycles. The quantitative estimate of drug-likeness (QED) is 0.485. The maximum Gasteiger partial charge on any atom is 0.413 e. The predicted octanol–water partition coefficient (Wildman–Crippen LogP) is 2.65. The molecule has 5 nitrogen and oxygen atoms in total. The Morgan fingerprint density at radius 2 is 2.00 bits per heavy atom. The Morgan fingerprint density at radius 3 is 2.53 bits per heavy atom. The molecule has 0 bridgehead atoms. The summed E-state index contributed by atoms with van der Waals surface area (Å²) in [5.41, 5.74) is -0.273. The average molecular weight is 238 g/mol. The van der Waals surface area contributed by atoms with Crippen molar-refractivity contribution in [3.63, 3.8) is 0 Å². The third-order valence-electron chi connectivity index (χ3n) is 2.02. The monoisotopic (exact) mass is 238 g/mol. The molecule has 0 radical (unpaired) electrons. The van der Waals surface area contributed by atoms with E-state index in [0.29, 0.717) is 5.57 Å². The van der Waals surface area contributed by atoms with Crippen molar-refractivity contribution in [3.8, 4) is 0 Å². The molecular weight excluding hydrogens is 220 g/mol. The summed E-state index contributed by atoms with van der Waals surface area (Å²) < 4.78 is 5.02. The summed E-state index contributed by atoms with van der Waals surface area (Å²) in [7, 11) is 0. The second-order valence-corrected chi connectivity index (χ2v) is 4.79. The molecule has 0 heterocycles. The van der Waals surface area contributed by atoms with Crippen molar-refractivity contribution in [2.75, 3.05) is 0 Å². The Labute approximate surface area is 101 Å². The number of rotatable bonds is 1. The topological polar surface area (TPSA) is 82.4 Å². The van der Waals surface area contributed by atoms with Gasteiger partial charge in [0.05, 0.1) is 5.57 Å². The minimum atomic E-state index is -0.693. The third-order valence-corrected chi connectivity index (χ3v) is 2.02. The first kappa shape index (κ1) is 13.3. The molecule has 1 aliphatic rings. The highest BCUT2D eigenvalue weighted by atomic mass is 16.6. The molecule has 1 rings (SSSR count). The normalized spacial score (nSPS) is 15.7. The Bertz CT molecular complexity index is 389. The van der Waals surface area contributed by atoms with Crippen LogP contribution < -0.4 is 5.32 Å². The van der Waals surface area contributed by atoms with Crippen molar-refractivity contribution in [2.45, 2.75) is 39.2 Å². The highest BCUT2D eigenvalue weighted by Gasteiger charge is 2.20. The highest BCUT2D eigenvalue weighted by molar-refractivity contribution is 6.06. The third kappa shape index (κ3) is 4.30. The van der Waals surface area contributed by atoms with Crippen molar-refractivity contribution in [2.24, 2.45) is 0 Å². The molecule has 94 valence electrons. The summed E-state index contributed by atoms with van der Waals surface area (Å²) in [5.74, 6) is -0.120. The number of amides is 1. The van der Waals surface area contributed by atoms with E-state index in [1.54, 1.807) is 32.9 Å². The van der Waals surface area contributed by atoms with Crippen LogP contribution in [0.3, 0.4) is 0 Å². The standard InChI is InChI=1S/C12H18N2O3/c1-12(2,3)17-11(16)14-10(13)8-6-4-5-7-9(8)15/h6-7,15H,4-5H2,1-3H3,(H2,13,14,16). The number of amidine groups is 1. The molecule has 1 amide bonds. The molecule has 0 atom stereocenters. The molecule has 3 N–H and O–H groups in total. The van der Waals surface area contributed by atoms with Gasteiger partial charge in [-0.15, -0.1) is 0 Å². The van der Waals surface area contributed by atoms with Gasteiger partial charge in [0.25, 0.3) is 0 Å². The molecule has 0 saturated heterocycles. The SMILES string of the molecule is CC(C)(C)OC(=O)NC(=N)C1=CCCC=C1O. The Balaban J connectivity index is 2.58. The number of hydrogen-bond acceptors (Lipinski definition) is 4. The number of aliphatic hydroxyl groups excluding tert-OH is 1. The zero-order chi connectivity index (χ0) is 13.1. The van der Waals surface area contributed by atoms with Gasteiger partial charge in [-0.1, -0.05) is 6.08 Å². The lowest BCUT2D eigenvalue weighted by atomic mass is 10.0. The van der Waals surface area contributed by atoms with Gasteiger partial charge in [0, 0.05) is 0 Å². The number of aliphatic hydroxyl groups is 1. The van der Waals surface area contributed by atoms with E-state index in [1.807, 2.05) is 0 Å². The number of nitrogens with one attached hydrogen (secondary N) is 2. The molecular formula is C12H18N2O3. The van der Waals surface area contributed by atoms with Gasteiger partial charge in [-0.2, -0.15) is 0 Å². The minimum Gasteiger partial charge on any atom is -0.508 e. The maximum atomic E-state index is 11.4. The van der Waals surface area contributed by atoms with E-state index in [9.17, 15) is 9.90 Å². The van der Waals surface area contributed by atoms with Crippen LogP contribution >= 0.6 is 0 Å². The van der Waals surface area contributed by atoms with Gasteiger partial charge in [-0.25, -0.2) is 4.79 Å². The van der Waals surface area contributed by atoms with Crippen LogP contribution in [0.5, 0.6) is 0 Å². The van der Waals surface area contributed by atoms with Crippen LogP contribution in [0.25, 0.3) is 0 Å². The van der Waals surface area contributed by atoms with E-state index in [4.69, 9.17) is 10.1 Å². The van der Waals surface area contributed by atoms with E-state index in [2.05, 4.69) is 5.32 Å². The zero-order valence-electron chi connectivity index (χ0n) is 10.3. The number of alkyl carbamates (subject to hydrolysis) is 1. The lowest BCUT2D eigenvalue weighted by Crippen LogP contribution is -2.37. The van der Waals surface area contributed by atoms with Gasteiger partial charge in [0.2, 0.25) is 0 Å². The fourth-order valence-electron chi connectivity index (χ4n) is 1.37. The summed E-state index contributed by atoms with van der Waals surface area (Å²) in [5, 5.41) is 19.5. The van der Waals surface area contributed by atoms with Crippen molar-refractivity contribution < 1.29 is 14.6 Å². The van der Waals surface area contributed by atoms with Gasteiger partial charge >= 0.3 is 6.09 Å². The number of hydrogen-bond donors (Lipinski definition) is 3. The van der Waals surface area contributed by atoms with Gasteiger partial charge < -0.3 is 9.84 Å². The van der Waals surface area contributed by atoms with Gasteiger partial charge in [0.1, 0.15) is 17.2 Å². The Morgan fingerprint density at radius 1 is 1.41 bits per heavy atom. The van der Waals surface area contributed by atoms with Gasteiger partial charge in [-0.3, -0.25) is 10.7 Å². The molecule has 0 spiro atoms. The summed E-state index contributed by atoms with van der Waals surface area (Å²) in [4.78, 5) is 11.4. The van der Waals surface area contributed by atoms with Crippen LogP contribution in [0.15, 0.2) is 23.5 Å². The molecule has 0 aliphatic heterocycles. The van der Waals surface area contributed by atoms with Crippen LogP contribution in [0.1, 0.15) is 33.6 Å². The fraction of sp³-hybridized carbons (Fsp3) is 0.500. The van der Waals surface area contributed by atoms with E-state index >= 15 is 0 Å². The molecule has 0 aromatic rings. The van der Waals surface area contributed by atoms with Gasteiger partial charge in [-0.05, 0) is 39.7 Å². The number of carbonyl (C=O) groups excluding carboxylic acids is 1. The van der Waals surface area contributed by atoms with Crippen LogP contribution in [0.4, 0.5) is 4.79 Å². The summed E-state index contributed by atoms with van der Waals surface area (Å²) in [6, 6.07) is 0. The van der Waals surface area contributed by atoms with Crippen molar-refractivity contribution >= 4 is 11.9 Å². The fourth-order valence-corrected chi connectivity index (χ4v) is 1.37. The summed E-state index contributed by atoms with van der Waals surface area (Å²) in [6.07, 6.45) is 4.14. The zero-order valence-corrected chi connectivity index (χ0v) is 10.3. The average Bonchev–Trinajstić information content (AvgIpc) is 2.14. The predicted molar refractivity (Wildman–Crippen MR) is 65.1 cm³/mol. The molecule has 0 fully saturated rings. The molecule has 17 heavy (non-hydrogen) atoms. The first-order valence-corrected chi connectivity index (χ1v) is 5.48. The molecule has 1 aliphatic carbocycles. The number of ether oxygens (including phenoxy) is 1. The smallest absolute Gasteiger partial charge is 0.413 e. The van der Waals surface area contributed by atoms with Gasteiger partial charge in [0.15, 0.2) is 0 Å². The van der Waals surface area contributed by atoms with Crippen LogP contribution in [0.2, 0.25) is 0 Å². The molecule has 0 unspecified atom stereocenters. The number of allylic oxidation sites excluding steroid dienone is 2. The second-order valence-electron chi connectivity index (χ2n) is 4.79. The first-order valence-electron chi connectivity index (χ1n) is 5.48. The van der Waals surface area contributed by atoms with Crippen molar-refractivity contribution in [1.29, 1.82) is 5.41 Å².